The molecule has 4 nitrogen and oxygen atoms in total. The highest BCUT2D eigenvalue weighted by atomic mass is 35.5. The van der Waals surface area contributed by atoms with Crippen molar-refractivity contribution >= 4 is 65.0 Å². The van der Waals surface area contributed by atoms with Crippen LogP contribution >= 0.6 is 59.1 Å². The van der Waals surface area contributed by atoms with Crippen LogP contribution in [-0.4, -0.2) is 23.0 Å². The fourth-order valence-corrected chi connectivity index (χ4v) is 3.50. The van der Waals surface area contributed by atoms with Crippen molar-refractivity contribution in [1.82, 2.24) is 10.3 Å². The molecule has 22 heavy (non-hydrogen) atoms. The van der Waals surface area contributed by atoms with Gasteiger partial charge in [0.1, 0.15) is 5.01 Å². The van der Waals surface area contributed by atoms with Gasteiger partial charge in [-0.1, -0.05) is 11.6 Å². The first kappa shape index (κ1) is 21.6. The van der Waals surface area contributed by atoms with E-state index in [0.29, 0.717) is 6.54 Å². The van der Waals surface area contributed by atoms with Crippen molar-refractivity contribution in [2.24, 2.45) is 5.73 Å². The van der Waals surface area contributed by atoms with Crippen molar-refractivity contribution in [1.29, 1.82) is 0 Å². The highest BCUT2D eigenvalue weighted by Crippen LogP contribution is 2.32. The summed E-state index contributed by atoms with van der Waals surface area (Å²) >= 11 is 8.91. The Morgan fingerprint density at radius 1 is 1.41 bits per heavy atom. The summed E-state index contributed by atoms with van der Waals surface area (Å²) in [5.41, 5.74) is 5.96. The highest BCUT2D eigenvalue weighted by Gasteiger charge is 2.19. The SMILES string of the molecule is CC(C)(CN)NC(=O)Cc1csc(-c2ccc(Cl)s2)n1.Cl.Cl. The maximum absolute atomic E-state index is 11.9. The van der Waals surface area contributed by atoms with Crippen LogP contribution in [0.15, 0.2) is 17.5 Å². The number of nitrogens with zero attached hydrogens (tertiary/aromatic N) is 1. The molecular formula is C13H18Cl3N3OS2. The van der Waals surface area contributed by atoms with Gasteiger partial charge in [-0.05, 0) is 26.0 Å². The number of halogens is 3. The zero-order valence-electron chi connectivity index (χ0n) is 12.1. The molecule has 0 radical (unpaired) electrons. The monoisotopic (exact) mass is 401 g/mol. The summed E-state index contributed by atoms with van der Waals surface area (Å²) in [6.07, 6.45) is 0.263. The summed E-state index contributed by atoms with van der Waals surface area (Å²) < 4.78 is 0.735. The molecule has 9 heteroatoms. The highest BCUT2D eigenvalue weighted by molar-refractivity contribution is 7.23. The van der Waals surface area contributed by atoms with E-state index in [4.69, 9.17) is 17.3 Å². The van der Waals surface area contributed by atoms with Crippen molar-refractivity contribution in [2.45, 2.75) is 25.8 Å². The predicted octanol–water partition coefficient (Wildman–Crippen LogP) is 3.76. The van der Waals surface area contributed by atoms with Gasteiger partial charge in [0, 0.05) is 17.5 Å². The Kier molecular flexibility index (Phi) is 8.90. The Morgan fingerprint density at radius 2 is 2.09 bits per heavy atom. The van der Waals surface area contributed by atoms with Crippen LogP contribution in [0, 0.1) is 0 Å². The molecule has 2 aromatic rings. The van der Waals surface area contributed by atoms with Gasteiger partial charge >= 0.3 is 0 Å². The number of hydrogen-bond donors (Lipinski definition) is 2. The summed E-state index contributed by atoms with van der Waals surface area (Å²) in [5, 5.41) is 5.68. The first-order valence-corrected chi connectivity index (χ1v) is 8.18. The Balaban J connectivity index is 0.00000220. The molecule has 2 heterocycles. The minimum Gasteiger partial charge on any atom is -0.350 e. The van der Waals surface area contributed by atoms with Crippen LogP contribution in [0.5, 0.6) is 0 Å². The van der Waals surface area contributed by atoms with E-state index in [2.05, 4.69) is 10.3 Å². The van der Waals surface area contributed by atoms with Gasteiger partial charge in [0.2, 0.25) is 5.91 Å². The van der Waals surface area contributed by atoms with Crippen molar-refractivity contribution in [3.8, 4) is 9.88 Å². The first-order chi connectivity index (χ1) is 9.39. The van der Waals surface area contributed by atoms with Crippen molar-refractivity contribution < 1.29 is 4.79 Å². The molecule has 2 rings (SSSR count). The normalized spacial score (nSPS) is 10.5. The second kappa shape index (κ2) is 9.05. The van der Waals surface area contributed by atoms with Gasteiger partial charge in [-0.25, -0.2) is 4.98 Å². The average Bonchev–Trinajstić information content (AvgIpc) is 2.97. The molecule has 0 aromatic carbocycles. The molecule has 0 aliphatic carbocycles. The third-order valence-corrected chi connectivity index (χ3v) is 4.96. The van der Waals surface area contributed by atoms with Crippen LogP contribution < -0.4 is 11.1 Å². The largest absolute Gasteiger partial charge is 0.350 e. The fourth-order valence-electron chi connectivity index (χ4n) is 1.57. The van der Waals surface area contributed by atoms with E-state index in [9.17, 15) is 4.79 Å². The standard InChI is InChI=1S/C13H16ClN3OS2.2ClH/c1-13(2,7-15)17-11(18)5-8-6-19-12(16-8)9-3-4-10(14)20-9;;/h3-4,6H,5,7,15H2,1-2H3,(H,17,18);2*1H. The third-order valence-electron chi connectivity index (χ3n) is 2.67. The molecule has 0 spiro atoms. The van der Waals surface area contributed by atoms with Crippen LogP contribution in [0.1, 0.15) is 19.5 Å². The fraction of sp³-hybridized carbons (Fsp3) is 0.385. The zero-order valence-corrected chi connectivity index (χ0v) is 16.1. The minimum atomic E-state index is -0.392. The number of hydrogen-bond acceptors (Lipinski definition) is 5. The first-order valence-electron chi connectivity index (χ1n) is 6.11. The minimum absolute atomic E-state index is 0. The Hall–Kier alpha value is -0.370. The summed E-state index contributed by atoms with van der Waals surface area (Å²) in [5.74, 6) is -0.0680. The molecule has 0 aliphatic rings. The average molecular weight is 403 g/mol. The quantitative estimate of drug-likeness (QED) is 0.800. The third kappa shape index (κ3) is 6.02. The van der Waals surface area contributed by atoms with E-state index in [0.717, 1.165) is 19.9 Å². The van der Waals surface area contributed by atoms with E-state index in [1.54, 1.807) is 0 Å². The lowest BCUT2D eigenvalue weighted by Gasteiger charge is -2.23. The second-order valence-electron chi connectivity index (χ2n) is 5.06. The van der Waals surface area contributed by atoms with Crippen molar-refractivity contribution in [2.75, 3.05) is 6.54 Å². The van der Waals surface area contributed by atoms with Gasteiger partial charge in [0.25, 0.3) is 0 Å². The van der Waals surface area contributed by atoms with Crippen molar-refractivity contribution in [3.63, 3.8) is 0 Å². The van der Waals surface area contributed by atoms with Gasteiger partial charge in [-0.3, -0.25) is 4.79 Å². The maximum atomic E-state index is 11.9. The molecule has 3 N–H and O–H groups in total. The van der Waals surface area contributed by atoms with Crippen LogP contribution in [0.3, 0.4) is 0 Å². The number of nitrogens with one attached hydrogen (secondary N) is 1. The number of aromatic nitrogens is 1. The molecule has 0 atom stereocenters. The van der Waals surface area contributed by atoms with Crippen LogP contribution in [-0.2, 0) is 11.2 Å². The van der Waals surface area contributed by atoms with Gasteiger partial charge in [0.05, 0.1) is 21.3 Å². The van der Waals surface area contributed by atoms with E-state index < -0.39 is 5.54 Å². The number of amides is 1. The second-order valence-corrected chi connectivity index (χ2v) is 7.63. The van der Waals surface area contributed by atoms with Crippen molar-refractivity contribution in [3.05, 3.63) is 27.5 Å². The number of nitrogens with two attached hydrogens (primary N) is 1. The van der Waals surface area contributed by atoms with Crippen LogP contribution in [0.4, 0.5) is 0 Å². The molecule has 0 saturated carbocycles. The molecule has 0 fully saturated rings. The Morgan fingerprint density at radius 3 is 2.64 bits per heavy atom. The predicted molar refractivity (Wildman–Crippen MR) is 99.9 cm³/mol. The number of thiophene rings is 1. The molecule has 0 aliphatic heterocycles. The lowest BCUT2D eigenvalue weighted by Crippen LogP contribution is -2.49. The van der Waals surface area contributed by atoms with E-state index in [1.807, 2.05) is 31.4 Å². The Labute approximate surface area is 155 Å². The van der Waals surface area contributed by atoms with Gasteiger partial charge in [-0.2, -0.15) is 0 Å². The zero-order chi connectivity index (χ0) is 14.8. The summed E-state index contributed by atoms with van der Waals surface area (Å²) in [6, 6.07) is 3.78. The van der Waals surface area contributed by atoms with Gasteiger partial charge in [-0.15, -0.1) is 47.5 Å². The number of carbonyl (C=O) groups is 1. The lowest BCUT2D eigenvalue weighted by atomic mass is 10.1. The summed E-state index contributed by atoms with van der Waals surface area (Å²) in [4.78, 5) is 17.4. The van der Waals surface area contributed by atoms with Crippen LogP contribution in [0.25, 0.3) is 9.88 Å². The molecular weight excluding hydrogens is 385 g/mol. The molecule has 124 valence electrons. The molecule has 0 saturated heterocycles. The molecule has 2 aromatic heterocycles. The number of carbonyl (C=O) groups excluding carboxylic acids is 1. The summed E-state index contributed by atoms with van der Waals surface area (Å²) in [7, 11) is 0. The summed E-state index contributed by atoms with van der Waals surface area (Å²) in [6.45, 7) is 4.19. The van der Waals surface area contributed by atoms with Crippen LogP contribution in [0.2, 0.25) is 4.34 Å². The Bertz CT molecular complexity index is 613. The molecule has 0 bridgehead atoms. The van der Waals surface area contributed by atoms with E-state index >= 15 is 0 Å². The maximum Gasteiger partial charge on any atom is 0.226 e. The topological polar surface area (TPSA) is 68.0 Å². The number of rotatable bonds is 5. The molecule has 0 unspecified atom stereocenters. The smallest absolute Gasteiger partial charge is 0.226 e. The van der Waals surface area contributed by atoms with Gasteiger partial charge in [0.15, 0.2) is 0 Å². The number of thiazole rings is 1. The van der Waals surface area contributed by atoms with Gasteiger partial charge < -0.3 is 11.1 Å². The van der Waals surface area contributed by atoms with E-state index in [-0.39, 0.29) is 37.1 Å². The lowest BCUT2D eigenvalue weighted by molar-refractivity contribution is -0.121. The van der Waals surface area contributed by atoms with E-state index in [1.165, 1.54) is 22.7 Å². The molecule has 1 amide bonds.